The normalized spacial score (nSPS) is 28.6. The predicted octanol–water partition coefficient (Wildman–Crippen LogP) is 1.62. The summed E-state index contributed by atoms with van der Waals surface area (Å²) in [7, 11) is 3.55. The monoisotopic (exact) mass is 342 g/mol. The van der Waals surface area contributed by atoms with Crippen LogP contribution in [-0.2, 0) is 4.79 Å². The van der Waals surface area contributed by atoms with Crippen molar-refractivity contribution in [2.75, 3.05) is 38.6 Å². The van der Waals surface area contributed by atoms with Crippen LogP contribution in [-0.4, -0.2) is 66.4 Å². The Morgan fingerprint density at radius 3 is 2.92 bits per heavy atom. The fraction of sp³-hybridized carbons (Fsp3) is 0.632. The number of anilines is 1. The van der Waals surface area contributed by atoms with Gasteiger partial charge < -0.3 is 14.7 Å². The molecule has 0 N–H and O–H groups in total. The number of hydrogen-bond donors (Lipinski definition) is 0. The topological polar surface area (TPSA) is 56.8 Å². The van der Waals surface area contributed by atoms with Crippen molar-refractivity contribution in [1.82, 2.24) is 14.8 Å². The molecule has 1 aromatic rings. The molecule has 6 nitrogen and oxygen atoms in total. The van der Waals surface area contributed by atoms with Crippen LogP contribution in [0.25, 0.3) is 0 Å². The third-order valence-corrected chi connectivity index (χ3v) is 5.90. The molecule has 1 aromatic heterocycles. The summed E-state index contributed by atoms with van der Waals surface area (Å²) >= 11 is 0. The molecule has 0 radical (unpaired) electrons. The summed E-state index contributed by atoms with van der Waals surface area (Å²) in [5.41, 5.74) is 0.670. The molecule has 25 heavy (non-hydrogen) atoms. The Labute approximate surface area is 148 Å². The van der Waals surface area contributed by atoms with Crippen LogP contribution in [0.2, 0.25) is 0 Å². The van der Waals surface area contributed by atoms with Crippen molar-refractivity contribution in [2.45, 2.75) is 31.7 Å². The molecule has 3 atom stereocenters. The summed E-state index contributed by atoms with van der Waals surface area (Å²) < 4.78 is 0. The zero-order chi connectivity index (χ0) is 17.6. The molecule has 4 heterocycles. The van der Waals surface area contributed by atoms with Gasteiger partial charge in [-0.1, -0.05) is 0 Å². The Morgan fingerprint density at radius 2 is 2.12 bits per heavy atom. The number of rotatable bonds is 2. The molecule has 134 valence electrons. The molecule has 2 amide bonds. The number of aromatic nitrogens is 1. The first kappa shape index (κ1) is 16.4. The second kappa shape index (κ2) is 6.32. The predicted molar refractivity (Wildman–Crippen MR) is 95.4 cm³/mol. The van der Waals surface area contributed by atoms with Crippen molar-refractivity contribution in [3.05, 3.63) is 23.9 Å². The zero-order valence-corrected chi connectivity index (χ0v) is 15.0. The van der Waals surface area contributed by atoms with Gasteiger partial charge in [-0.2, -0.15) is 0 Å². The number of pyridine rings is 1. The SMILES string of the molecule is CN(C)C(=O)c1cccnc1N1CC2CC(C1)[C@H]1CCCC(=O)N1C2. The summed E-state index contributed by atoms with van der Waals surface area (Å²) in [6.07, 6.45) is 5.79. The van der Waals surface area contributed by atoms with Crippen molar-refractivity contribution in [1.29, 1.82) is 0 Å². The Bertz CT molecular complexity index is 690. The highest BCUT2D eigenvalue weighted by Crippen LogP contribution is 2.39. The lowest BCUT2D eigenvalue weighted by atomic mass is 9.76. The van der Waals surface area contributed by atoms with Gasteiger partial charge in [0.15, 0.2) is 0 Å². The van der Waals surface area contributed by atoms with Crippen LogP contribution < -0.4 is 4.90 Å². The highest BCUT2D eigenvalue weighted by molar-refractivity contribution is 5.98. The minimum Gasteiger partial charge on any atom is -0.355 e. The van der Waals surface area contributed by atoms with E-state index in [9.17, 15) is 9.59 Å². The second-order valence-electron chi connectivity index (χ2n) is 7.85. The van der Waals surface area contributed by atoms with Crippen LogP contribution in [0.5, 0.6) is 0 Å². The van der Waals surface area contributed by atoms with E-state index in [1.165, 1.54) is 6.42 Å². The minimum absolute atomic E-state index is 0.00620. The molecule has 0 spiro atoms. The summed E-state index contributed by atoms with van der Waals surface area (Å²) in [5, 5.41) is 0. The number of carbonyl (C=O) groups is 2. The van der Waals surface area contributed by atoms with E-state index in [2.05, 4.69) is 14.8 Å². The fourth-order valence-corrected chi connectivity index (χ4v) is 4.84. The third-order valence-electron chi connectivity index (χ3n) is 5.90. The molecule has 3 aliphatic rings. The maximum absolute atomic E-state index is 12.5. The molecule has 0 aromatic carbocycles. The Hall–Kier alpha value is -2.11. The van der Waals surface area contributed by atoms with Gasteiger partial charge in [0.25, 0.3) is 5.91 Å². The van der Waals surface area contributed by atoms with Gasteiger partial charge in [0, 0.05) is 52.4 Å². The van der Waals surface area contributed by atoms with Crippen molar-refractivity contribution >= 4 is 17.6 Å². The van der Waals surface area contributed by atoms with Crippen LogP contribution in [0.3, 0.4) is 0 Å². The maximum atomic E-state index is 12.5. The molecule has 3 saturated heterocycles. The standard InChI is InChI=1S/C19H26N4O2/c1-21(2)19(25)15-5-4-8-20-18(15)22-10-13-9-14(12-22)16-6-3-7-17(24)23(16)11-13/h4-5,8,13-14,16H,3,6-7,9-12H2,1-2H3/t13?,14?,16-/m1/s1. The molecule has 0 saturated carbocycles. The molecule has 6 heteroatoms. The van der Waals surface area contributed by atoms with E-state index in [0.717, 1.165) is 38.3 Å². The van der Waals surface area contributed by atoms with Gasteiger partial charge in [0.2, 0.25) is 5.91 Å². The molecule has 2 unspecified atom stereocenters. The van der Waals surface area contributed by atoms with Gasteiger partial charge in [0.05, 0.1) is 5.56 Å². The first-order chi connectivity index (χ1) is 12.0. The maximum Gasteiger partial charge on any atom is 0.257 e. The molecule has 3 fully saturated rings. The highest BCUT2D eigenvalue weighted by atomic mass is 16.2. The summed E-state index contributed by atoms with van der Waals surface area (Å²) in [5.74, 6) is 2.09. The first-order valence-electron chi connectivity index (χ1n) is 9.25. The van der Waals surface area contributed by atoms with Crippen LogP contribution in [0.4, 0.5) is 5.82 Å². The van der Waals surface area contributed by atoms with E-state index in [1.54, 1.807) is 25.2 Å². The lowest BCUT2D eigenvalue weighted by molar-refractivity contribution is -0.142. The smallest absolute Gasteiger partial charge is 0.257 e. The van der Waals surface area contributed by atoms with Crippen molar-refractivity contribution < 1.29 is 9.59 Å². The molecule has 0 aliphatic carbocycles. The number of carbonyl (C=O) groups excluding carboxylic acids is 2. The number of nitrogens with zero attached hydrogens (tertiary/aromatic N) is 4. The quantitative estimate of drug-likeness (QED) is 0.820. The lowest BCUT2D eigenvalue weighted by Crippen LogP contribution is -2.60. The van der Waals surface area contributed by atoms with Gasteiger partial charge in [-0.25, -0.2) is 4.98 Å². The van der Waals surface area contributed by atoms with Crippen LogP contribution in [0.15, 0.2) is 18.3 Å². The van der Waals surface area contributed by atoms with Gasteiger partial charge in [-0.05, 0) is 43.2 Å². The van der Waals surface area contributed by atoms with E-state index < -0.39 is 0 Å². The van der Waals surface area contributed by atoms with Gasteiger partial charge in [-0.15, -0.1) is 0 Å². The molecule has 3 aliphatic heterocycles. The van der Waals surface area contributed by atoms with Crippen molar-refractivity contribution in [2.24, 2.45) is 11.8 Å². The first-order valence-corrected chi connectivity index (χ1v) is 9.25. The Kier molecular flexibility index (Phi) is 4.13. The van der Waals surface area contributed by atoms with Crippen LogP contribution >= 0.6 is 0 Å². The second-order valence-corrected chi connectivity index (χ2v) is 7.85. The van der Waals surface area contributed by atoms with Gasteiger partial charge in [-0.3, -0.25) is 9.59 Å². The van der Waals surface area contributed by atoms with Crippen LogP contribution in [0, 0.1) is 11.8 Å². The number of fused-ring (bicyclic) bond motifs is 4. The van der Waals surface area contributed by atoms with E-state index in [0.29, 0.717) is 35.8 Å². The number of amides is 2. The minimum atomic E-state index is -0.00620. The summed E-state index contributed by atoms with van der Waals surface area (Å²) in [6.45, 7) is 2.62. The summed E-state index contributed by atoms with van der Waals surface area (Å²) in [4.78, 5) is 35.4. The van der Waals surface area contributed by atoms with Crippen molar-refractivity contribution in [3.8, 4) is 0 Å². The largest absolute Gasteiger partial charge is 0.355 e. The zero-order valence-electron chi connectivity index (χ0n) is 15.0. The lowest BCUT2D eigenvalue weighted by Gasteiger charge is -2.52. The molecular formula is C19H26N4O2. The van der Waals surface area contributed by atoms with Crippen molar-refractivity contribution in [3.63, 3.8) is 0 Å². The Morgan fingerprint density at radius 1 is 1.28 bits per heavy atom. The van der Waals surface area contributed by atoms with E-state index in [-0.39, 0.29) is 5.91 Å². The van der Waals surface area contributed by atoms with Gasteiger partial charge >= 0.3 is 0 Å². The Balaban J connectivity index is 1.60. The fourth-order valence-electron chi connectivity index (χ4n) is 4.84. The van der Waals surface area contributed by atoms with Gasteiger partial charge in [0.1, 0.15) is 5.82 Å². The number of hydrogen-bond acceptors (Lipinski definition) is 4. The molecule has 4 rings (SSSR count). The average molecular weight is 342 g/mol. The van der Waals surface area contributed by atoms with E-state index in [4.69, 9.17) is 0 Å². The average Bonchev–Trinajstić information content (AvgIpc) is 2.62. The van der Waals surface area contributed by atoms with Crippen LogP contribution in [0.1, 0.15) is 36.0 Å². The van der Waals surface area contributed by atoms with E-state index >= 15 is 0 Å². The molecule has 2 bridgehead atoms. The van der Waals surface area contributed by atoms with E-state index in [1.807, 2.05) is 12.1 Å². The molecular weight excluding hydrogens is 316 g/mol. The third kappa shape index (κ3) is 2.87. The number of piperidine rings is 3. The summed E-state index contributed by atoms with van der Waals surface area (Å²) in [6, 6.07) is 4.06. The highest BCUT2D eigenvalue weighted by Gasteiger charge is 2.44.